The number of fused-ring (bicyclic) bond motifs is 6. The lowest BCUT2D eigenvalue weighted by molar-refractivity contribution is 0.0522. The topological polar surface area (TPSA) is 453 Å². The van der Waals surface area contributed by atoms with E-state index in [0.717, 1.165) is 82.4 Å². The van der Waals surface area contributed by atoms with E-state index >= 15 is 0 Å². The maximum atomic E-state index is 12.6. The third-order valence-electron chi connectivity index (χ3n) is 23.4. The summed E-state index contributed by atoms with van der Waals surface area (Å²) in [5, 5.41) is 95.0. The van der Waals surface area contributed by atoms with Crippen molar-refractivity contribution >= 4 is 195 Å². The van der Waals surface area contributed by atoms with Gasteiger partial charge in [-0.05, 0) is 238 Å². The minimum Gasteiger partial charge on any atom is -0.507 e. The van der Waals surface area contributed by atoms with Crippen LogP contribution < -0.4 is 46.1 Å². The second-order valence-corrected chi connectivity index (χ2v) is 35.7. The number of nitrogens with one attached hydrogen (secondary N) is 5. The number of carbonyl (C=O) groups is 8. The van der Waals surface area contributed by atoms with Crippen molar-refractivity contribution in [1.82, 2.24) is 37.0 Å². The predicted molar refractivity (Wildman–Crippen MR) is 581 cm³/mol. The molecule has 7 amide bonds. The summed E-state index contributed by atoms with van der Waals surface area (Å²) in [5.74, 6) is -0.575. The maximum absolute atomic E-state index is 12.6. The minimum atomic E-state index is -0.510. The molecule has 19 rings (SSSR count). The third kappa shape index (κ3) is 27.2. The van der Waals surface area contributed by atoms with Gasteiger partial charge in [0, 0.05) is 95.0 Å². The number of carbonyl (C=O) groups excluding carboxylic acids is 8. The zero-order chi connectivity index (χ0) is 106. The minimum absolute atomic E-state index is 0.0608. The summed E-state index contributed by atoms with van der Waals surface area (Å²) in [6.07, 6.45) is 17.1. The van der Waals surface area contributed by atoms with Crippen molar-refractivity contribution in [2.45, 2.75) is 32.1 Å². The van der Waals surface area contributed by atoms with Gasteiger partial charge in [-0.25, -0.2) is 36.8 Å². The van der Waals surface area contributed by atoms with E-state index in [1.807, 2.05) is 140 Å². The standard InChI is InChI=1S/C27H18ClN3O5.C25H25ClN2O3.C24H16ClN3O4.C20H17ClN2O4.C18H13BrN2O3/c28-22-13-16(9-11-23(22)32)25(33)30-29-14-17-10-12-24(19-6-2-1-5-18(17)19)36-15-31-26(34)20-7-3-4-8-21(20)27(31)35;26-22-14-18(10-12-23(22)29)25(30)28-27-15-19-11-13-24(21-9-5-4-8-20(19)21)31-16-17-6-2-1-3-7-17;25-20-12-15(7-9-21(20)29)23(30)28-27-14-16-8-10-22(19-6-2-1-5-18(16)19)32-24(31)17-4-3-11-26-13-17;21-17-11-13(5-7-18(17)25)20(26)23-22-12-14-6-8-19(27-10-9-24)16-4-2-1-3-15(14)16;19-15-9-11(5-8-17(15)23)18(24)21-20-10-12-6-7-16(22)14-4-2-1-3-13(12)14/h1-14,32H,15H2,(H,30,33);4-5,8-15,17,29H,1-3,6-7,16H2,(H,28,30);1-14,29H,(H,28,30);1-8,11-12,24-25H,9-10H2,(H,23,26);1-10,22-23H,(H,21,24)/b29-14+;27-15+;27-14+;22-12+;20-10+. The number of aromatic hydroxyl groups is 6. The van der Waals surface area contributed by atoms with Gasteiger partial charge in [0.2, 0.25) is 0 Å². The monoisotopic (exact) mass is 2150 g/mol. The molecule has 0 saturated heterocycles. The number of amides is 7. The van der Waals surface area contributed by atoms with Crippen molar-refractivity contribution < 1.29 is 93.0 Å². The van der Waals surface area contributed by atoms with Crippen LogP contribution in [0.4, 0.5) is 0 Å². The first-order chi connectivity index (χ1) is 72.7. The van der Waals surface area contributed by atoms with Crippen molar-refractivity contribution in [1.29, 1.82) is 0 Å². The number of hydrogen-bond acceptors (Lipinski definition) is 25. The van der Waals surface area contributed by atoms with Gasteiger partial charge in [-0.1, -0.05) is 199 Å². The molecule has 36 heteroatoms. The van der Waals surface area contributed by atoms with E-state index in [1.54, 1.807) is 91.3 Å². The lowest BCUT2D eigenvalue weighted by Crippen LogP contribution is -2.33. The maximum Gasteiger partial charge on any atom is 0.345 e. The Bertz CT molecular complexity index is 8100. The number of aliphatic hydroxyl groups excluding tert-OH is 1. The molecule has 1 saturated carbocycles. The van der Waals surface area contributed by atoms with Crippen LogP contribution in [0, 0.1) is 5.92 Å². The number of hydrazone groups is 5. The molecule has 0 spiro atoms. The number of phenols is 6. The van der Waals surface area contributed by atoms with Crippen LogP contribution >= 0.6 is 62.3 Å². The lowest BCUT2D eigenvalue weighted by Gasteiger charge is -2.22. The van der Waals surface area contributed by atoms with Gasteiger partial charge in [0.25, 0.3) is 41.4 Å². The van der Waals surface area contributed by atoms with E-state index in [0.29, 0.717) is 72.0 Å². The van der Waals surface area contributed by atoms with Gasteiger partial charge < -0.3 is 54.7 Å². The number of aliphatic hydroxyl groups is 1. The second-order valence-electron chi connectivity index (χ2n) is 33.2. The van der Waals surface area contributed by atoms with Gasteiger partial charge in [-0.15, -0.1) is 0 Å². The Morgan fingerprint density at radius 2 is 0.660 bits per heavy atom. The summed E-state index contributed by atoms with van der Waals surface area (Å²) < 4.78 is 23.6. The Hall–Kier alpha value is -17.9. The fraction of sp³-hybridized carbons (Fsp3) is 0.0877. The predicted octanol–water partition coefficient (Wildman–Crippen LogP) is 22.2. The highest BCUT2D eigenvalue weighted by atomic mass is 79.9. The lowest BCUT2D eigenvalue weighted by atomic mass is 9.90. The highest BCUT2D eigenvalue weighted by Gasteiger charge is 2.36. The summed E-state index contributed by atoms with van der Waals surface area (Å²) in [6.45, 7) is 0.672. The van der Waals surface area contributed by atoms with Gasteiger partial charge in [0.1, 0.15) is 64.1 Å². The normalized spacial score (nSPS) is 12.2. The van der Waals surface area contributed by atoms with Crippen molar-refractivity contribution in [3.05, 3.63) is 419 Å². The molecule has 754 valence electrons. The van der Waals surface area contributed by atoms with Crippen molar-refractivity contribution in [2.75, 3.05) is 26.6 Å². The van der Waals surface area contributed by atoms with Crippen LogP contribution in [0.1, 0.15) is 143 Å². The van der Waals surface area contributed by atoms with Crippen LogP contribution in [-0.4, -0.2) is 151 Å². The van der Waals surface area contributed by atoms with E-state index in [9.17, 15) is 69.0 Å². The molecular formula is C114H89BrCl4N12O19. The summed E-state index contributed by atoms with van der Waals surface area (Å²) in [6, 6.07) is 86.6. The quantitative estimate of drug-likeness (QED) is 0.00787. The molecule has 1 aromatic heterocycles. The molecular weight excluding hydrogens is 2060 g/mol. The summed E-state index contributed by atoms with van der Waals surface area (Å²) in [5.41, 5.74) is 18.6. The Kier molecular flexibility index (Phi) is 36.3. The number of hydrogen-bond donors (Lipinski definition) is 12. The molecule has 12 N–H and O–H groups in total. The van der Waals surface area contributed by atoms with Crippen molar-refractivity contribution in [2.24, 2.45) is 31.4 Å². The SMILES string of the molecule is O=C(N/N=C/c1ccc(O)c2ccccc12)c1ccc(O)c(Br)c1.O=C(N/N=C/c1ccc(OC(=O)c2cccnc2)c2ccccc12)c1ccc(O)c(Cl)c1.O=C(N/N=C/c1ccc(OCC2CCCCC2)c2ccccc12)c1ccc(O)c(Cl)c1.O=C(N/N=C/c1ccc(OCCO)c2ccccc12)c1ccc(O)c(Cl)c1.O=C(N/N=C/c1ccc(OCN2C(=O)c3ccccc3C2=O)c2ccccc12)c1ccc(O)c(Cl)c1. The molecule has 2 aliphatic rings. The fourth-order valence-corrected chi connectivity index (χ4v) is 16.8. The van der Waals surface area contributed by atoms with Gasteiger partial charge in [-0.3, -0.25) is 38.5 Å². The zero-order valence-electron chi connectivity index (χ0n) is 79.0. The first-order valence-corrected chi connectivity index (χ1v) is 48.5. The van der Waals surface area contributed by atoms with Gasteiger partial charge in [0.05, 0.1) is 85.5 Å². The zero-order valence-corrected chi connectivity index (χ0v) is 83.6. The number of rotatable bonds is 26. The van der Waals surface area contributed by atoms with E-state index < -0.39 is 47.3 Å². The largest absolute Gasteiger partial charge is 0.507 e. The highest BCUT2D eigenvalue weighted by Crippen LogP contribution is 2.38. The number of benzene rings is 16. The van der Waals surface area contributed by atoms with Crippen LogP contribution in [-0.2, 0) is 0 Å². The molecule has 31 nitrogen and oxygen atoms in total. The smallest absolute Gasteiger partial charge is 0.345 e. The number of ether oxygens (including phenoxy) is 4. The molecule has 150 heavy (non-hydrogen) atoms. The number of aromatic nitrogens is 1. The van der Waals surface area contributed by atoms with Gasteiger partial charge in [-0.2, -0.15) is 25.5 Å². The van der Waals surface area contributed by atoms with E-state index in [2.05, 4.69) is 73.5 Å². The van der Waals surface area contributed by atoms with E-state index in [-0.39, 0.29) is 91.2 Å². The summed E-state index contributed by atoms with van der Waals surface area (Å²) in [7, 11) is 0. The van der Waals surface area contributed by atoms with E-state index in [1.165, 1.54) is 154 Å². The Morgan fingerprint density at radius 1 is 0.347 bits per heavy atom. The Labute approximate surface area is 884 Å². The molecule has 16 aromatic carbocycles. The number of imide groups is 1. The molecule has 0 atom stereocenters. The molecule has 1 aliphatic heterocycles. The second kappa shape index (κ2) is 51.2. The van der Waals surface area contributed by atoms with Gasteiger partial charge in [0.15, 0.2) is 6.73 Å². The molecule has 2 heterocycles. The Morgan fingerprint density at radius 3 is 1.02 bits per heavy atom. The van der Waals surface area contributed by atoms with Crippen LogP contribution in [0.15, 0.2) is 352 Å². The number of nitrogens with zero attached hydrogens (tertiary/aromatic N) is 7. The van der Waals surface area contributed by atoms with Crippen molar-refractivity contribution in [3.8, 4) is 57.5 Å². The number of phenolic OH excluding ortho intramolecular Hbond substituents is 6. The van der Waals surface area contributed by atoms with Crippen LogP contribution in [0.2, 0.25) is 20.1 Å². The molecule has 0 bridgehead atoms. The van der Waals surface area contributed by atoms with Gasteiger partial charge >= 0.3 is 5.97 Å². The first kappa shape index (κ1) is 106. The average molecular weight is 2150 g/mol. The molecule has 1 fully saturated rings. The average Bonchev–Trinajstić information content (AvgIpc) is 1.63. The molecule has 17 aromatic rings. The van der Waals surface area contributed by atoms with Crippen LogP contribution in [0.5, 0.6) is 57.5 Å². The summed E-state index contributed by atoms with van der Waals surface area (Å²) >= 11 is 26.5. The van der Waals surface area contributed by atoms with Crippen molar-refractivity contribution in [3.63, 3.8) is 0 Å². The van der Waals surface area contributed by atoms with E-state index in [4.69, 9.17) is 70.5 Å². The highest BCUT2D eigenvalue weighted by molar-refractivity contribution is 9.10. The number of halogens is 5. The fourth-order valence-electron chi connectivity index (χ4n) is 15.7. The molecule has 0 unspecified atom stereocenters. The first-order valence-electron chi connectivity index (χ1n) is 46.2. The summed E-state index contributed by atoms with van der Waals surface area (Å²) in [4.78, 5) is 104. The number of pyridine rings is 1. The molecule has 1 aliphatic carbocycles. The Balaban J connectivity index is 0.000000141. The van der Waals surface area contributed by atoms with Crippen LogP contribution in [0.3, 0.4) is 0 Å². The number of esters is 1. The molecule has 0 radical (unpaired) electrons. The third-order valence-corrected chi connectivity index (χ3v) is 25.2. The van der Waals surface area contributed by atoms with Crippen LogP contribution in [0.25, 0.3) is 53.9 Å².